The summed E-state index contributed by atoms with van der Waals surface area (Å²) < 4.78 is 2.19. The van der Waals surface area contributed by atoms with Gasteiger partial charge in [-0.1, -0.05) is 0 Å². The summed E-state index contributed by atoms with van der Waals surface area (Å²) in [6, 6.07) is 2.75. The molecule has 10 heteroatoms. The Hall–Kier alpha value is -2.88. The number of nitrogens with one attached hydrogen (secondary N) is 2. The minimum Gasteiger partial charge on any atom is -0.328 e. The summed E-state index contributed by atoms with van der Waals surface area (Å²) in [4.78, 5) is 28.8. The minimum absolute atomic E-state index is 0.372. The zero-order valence-electron chi connectivity index (χ0n) is 13.5. The Balaban J connectivity index is 1.71. The van der Waals surface area contributed by atoms with E-state index in [1.165, 1.54) is 11.0 Å². The first-order valence-corrected chi connectivity index (χ1v) is 8.21. The molecule has 25 heavy (non-hydrogen) atoms. The van der Waals surface area contributed by atoms with Crippen molar-refractivity contribution >= 4 is 27.6 Å². The largest absolute Gasteiger partial charge is 0.328 e. The van der Waals surface area contributed by atoms with Gasteiger partial charge in [0.1, 0.15) is 10.9 Å². The number of aromatic nitrogens is 6. The van der Waals surface area contributed by atoms with E-state index >= 15 is 0 Å². The first-order chi connectivity index (χ1) is 12.0. The Bertz CT molecular complexity index is 882. The highest BCUT2D eigenvalue weighted by atomic mass is 79.9. The molecule has 1 atom stereocenters. The molecule has 9 nitrogen and oxygen atoms in total. The molecule has 0 bridgehead atoms. The number of pyridine rings is 1. The molecule has 0 saturated heterocycles. The van der Waals surface area contributed by atoms with Gasteiger partial charge in [0.25, 0.3) is 5.95 Å². The monoisotopic (exact) mass is 402 g/mol. The normalized spacial score (nSPS) is 11.8. The average Bonchev–Trinajstić information content (AvgIpc) is 3.08. The summed E-state index contributed by atoms with van der Waals surface area (Å²) in [7, 11) is 0. The highest BCUT2D eigenvalue weighted by Crippen LogP contribution is 2.17. The van der Waals surface area contributed by atoms with Crippen molar-refractivity contribution in [3.8, 4) is 5.95 Å². The second kappa shape index (κ2) is 7.34. The molecule has 0 aliphatic heterocycles. The number of aryl methyl sites for hydroxylation is 1. The van der Waals surface area contributed by atoms with Crippen molar-refractivity contribution in [3.63, 3.8) is 0 Å². The Morgan fingerprint density at radius 1 is 1.24 bits per heavy atom. The van der Waals surface area contributed by atoms with Gasteiger partial charge in [-0.25, -0.2) is 24.7 Å². The third-order valence-electron chi connectivity index (χ3n) is 3.38. The van der Waals surface area contributed by atoms with Gasteiger partial charge in [-0.2, -0.15) is 9.78 Å². The maximum absolute atomic E-state index is 12.3. The molecule has 0 spiro atoms. The lowest BCUT2D eigenvalue weighted by molar-refractivity contribution is 0.248. The van der Waals surface area contributed by atoms with Crippen LogP contribution in [0.2, 0.25) is 0 Å². The number of amides is 2. The third kappa shape index (κ3) is 3.97. The summed E-state index contributed by atoms with van der Waals surface area (Å²) >= 11 is 3.29. The maximum Gasteiger partial charge on any atom is 0.319 e. The molecule has 3 aromatic rings. The van der Waals surface area contributed by atoms with E-state index in [1.54, 1.807) is 31.6 Å². The predicted octanol–water partition coefficient (Wildman–Crippen LogP) is 2.41. The number of carbonyl (C=O) groups is 1. The lowest BCUT2D eigenvalue weighted by Gasteiger charge is -2.15. The van der Waals surface area contributed by atoms with Crippen LogP contribution in [0.25, 0.3) is 5.95 Å². The highest BCUT2D eigenvalue weighted by Gasteiger charge is 2.18. The SMILES string of the molecule is Cc1cc(Br)ncc1NC(=O)NC(C)c1ncnn1-c1ncccn1. The summed E-state index contributed by atoms with van der Waals surface area (Å²) in [5.41, 5.74) is 1.52. The number of nitrogens with zero attached hydrogens (tertiary/aromatic N) is 6. The second-order valence-electron chi connectivity index (χ2n) is 5.22. The Morgan fingerprint density at radius 2 is 2.00 bits per heavy atom. The van der Waals surface area contributed by atoms with E-state index in [2.05, 4.69) is 51.6 Å². The van der Waals surface area contributed by atoms with Crippen molar-refractivity contribution in [3.05, 3.63) is 53.0 Å². The van der Waals surface area contributed by atoms with Crippen LogP contribution in [0.15, 0.2) is 41.7 Å². The van der Waals surface area contributed by atoms with Gasteiger partial charge in [-0.3, -0.25) is 0 Å². The summed E-state index contributed by atoms with van der Waals surface area (Å²) in [6.07, 6.45) is 6.21. The van der Waals surface area contributed by atoms with E-state index in [4.69, 9.17) is 0 Å². The molecule has 3 heterocycles. The quantitative estimate of drug-likeness (QED) is 0.648. The van der Waals surface area contributed by atoms with E-state index in [-0.39, 0.29) is 6.03 Å². The molecule has 0 fully saturated rings. The number of hydrogen-bond donors (Lipinski definition) is 2. The number of carbonyl (C=O) groups excluding carboxylic acids is 1. The molecular formula is C15H15BrN8O. The Kier molecular flexibility index (Phi) is 4.98. The molecule has 0 aromatic carbocycles. The first kappa shape index (κ1) is 17.0. The molecule has 0 saturated carbocycles. The van der Waals surface area contributed by atoms with Crippen LogP contribution in [0.3, 0.4) is 0 Å². The van der Waals surface area contributed by atoms with Crippen LogP contribution in [0.5, 0.6) is 0 Å². The number of halogens is 1. The van der Waals surface area contributed by atoms with Crippen molar-refractivity contribution in [1.82, 2.24) is 35.0 Å². The average molecular weight is 403 g/mol. The first-order valence-electron chi connectivity index (χ1n) is 7.41. The smallest absolute Gasteiger partial charge is 0.319 e. The van der Waals surface area contributed by atoms with Gasteiger partial charge < -0.3 is 10.6 Å². The molecule has 0 radical (unpaired) electrons. The predicted molar refractivity (Wildman–Crippen MR) is 94.2 cm³/mol. The number of rotatable bonds is 4. The standard InChI is InChI=1S/C15H15BrN8O/c1-9-6-12(16)19-7-11(9)23-15(25)22-10(2)13-20-8-21-24(13)14-17-4-3-5-18-14/h3-8,10H,1-2H3,(H2,22,23,25). The van der Waals surface area contributed by atoms with E-state index in [0.717, 1.165) is 5.56 Å². The van der Waals surface area contributed by atoms with Gasteiger partial charge in [0, 0.05) is 12.4 Å². The molecule has 128 valence electrons. The Morgan fingerprint density at radius 3 is 2.72 bits per heavy atom. The van der Waals surface area contributed by atoms with Gasteiger partial charge in [-0.05, 0) is 47.5 Å². The summed E-state index contributed by atoms with van der Waals surface area (Å²) in [5.74, 6) is 0.906. The minimum atomic E-state index is -0.407. The van der Waals surface area contributed by atoms with Crippen molar-refractivity contribution in [1.29, 1.82) is 0 Å². The highest BCUT2D eigenvalue weighted by molar-refractivity contribution is 9.10. The second-order valence-corrected chi connectivity index (χ2v) is 6.03. The van der Waals surface area contributed by atoms with E-state index < -0.39 is 6.04 Å². The molecule has 2 amide bonds. The van der Waals surface area contributed by atoms with Gasteiger partial charge in [0.15, 0.2) is 5.82 Å². The van der Waals surface area contributed by atoms with Crippen LogP contribution in [-0.4, -0.2) is 35.7 Å². The molecule has 3 aromatic heterocycles. The zero-order chi connectivity index (χ0) is 17.8. The van der Waals surface area contributed by atoms with Crippen LogP contribution >= 0.6 is 15.9 Å². The van der Waals surface area contributed by atoms with Crippen molar-refractivity contribution < 1.29 is 4.79 Å². The Labute approximate surface area is 152 Å². The van der Waals surface area contributed by atoms with E-state index in [1.807, 2.05) is 13.0 Å². The van der Waals surface area contributed by atoms with Crippen molar-refractivity contribution in [2.75, 3.05) is 5.32 Å². The van der Waals surface area contributed by atoms with Gasteiger partial charge in [0.2, 0.25) is 0 Å². The summed E-state index contributed by atoms with van der Waals surface area (Å²) in [5, 5.41) is 9.70. The van der Waals surface area contributed by atoms with Crippen LogP contribution in [0.4, 0.5) is 10.5 Å². The fourth-order valence-corrected chi connectivity index (χ4v) is 2.62. The number of urea groups is 1. The third-order valence-corrected chi connectivity index (χ3v) is 3.81. The van der Waals surface area contributed by atoms with E-state index in [0.29, 0.717) is 22.1 Å². The summed E-state index contributed by atoms with van der Waals surface area (Å²) in [6.45, 7) is 3.69. The fourth-order valence-electron chi connectivity index (χ4n) is 2.17. The van der Waals surface area contributed by atoms with E-state index in [9.17, 15) is 4.79 Å². The maximum atomic E-state index is 12.3. The van der Waals surface area contributed by atoms with Crippen LogP contribution < -0.4 is 10.6 Å². The zero-order valence-corrected chi connectivity index (χ0v) is 15.1. The van der Waals surface area contributed by atoms with Crippen LogP contribution in [-0.2, 0) is 0 Å². The molecule has 1 unspecified atom stereocenters. The van der Waals surface area contributed by atoms with Crippen molar-refractivity contribution in [2.45, 2.75) is 19.9 Å². The molecule has 3 rings (SSSR count). The molecular weight excluding hydrogens is 388 g/mol. The van der Waals surface area contributed by atoms with Gasteiger partial charge in [-0.15, -0.1) is 0 Å². The van der Waals surface area contributed by atoms with Gasteiger partial charge in [0.05, 0.1) is 17.9 Å². The number of anilines is 1. The van der Waals surface area contributed by atoms with Crippen molar-refractivity contribution in [2.24, 2.45) is 0 Å². The lowest BCUT2D eigenvalue weighted by atomic mass is 10.2. The van der Waals surface area contributed by atoms with Crippen LogP contribution in [0, 0.1) is 6.92 Å². The molecule has 0 aliphatic rings. The molecule has 2 N–H and O–H groups in total. The van der Waals surface area contributed by atoms with Crippen LogP contribution in [0.1, 0.15) is 24.4 Å². The number of hydrogen-bond acceptors (Lipinski definition) is 6. The molecule has 0 aliphatic carbocycles. The lowest BCUT2D eigenvalue weighted by Crippen LogP contribution is -2.33. The fraction of sp³-hybridized carbons (Fsp3) is 0.200. The topological polar surface area (TPSA) is 111 Å². The van der Waals surface area contributed by atoms with Gasteiger partial charge >= 0.3 is 6.03 Å².